The number of nitrogens with one attached hydrogen (secondary N) is 1. The van der Waals surface area contributed by atoms with E-state index in [1.807, 2.05) is 0 Å². The molecule has 2 aromatic rings. The van der Waals surface area contributed by atoms with Gasteiger partial charge in [-0.15, -0.1) is 11.7 Å². The molecule has 0 aliphatic heterocycles. The van der Waals surface area contributed by atoms with E-state index in [-0.39, 0.29) is 12.4 Å². The number of allylic oxidation sites excluding steroid dienone is 1. The van der Waals surface area contributed by atoms with Gasteiger partial charge in [0.15, 0.2) is 0 Å². The van der Waals surface area contributed by atoms with Crippen LogP contribution in [0, 0.1) is 5.82 Å². The van der Waals surface area contributed by atoms with Crippen LogP contribution in [-0.4, -0.2) is 20.2 Å². The van der Waals surface area contributed by atoms with Gasteiger partial charge in [0.05, 0.1) is 6.54 Å². The second-order valence-corrected chi connectivity index (χ2v) is 3.92. The van der Waals surface area contributed by atoms with Crippen LogP contribution in [0.2, 0.25) is 5.02 Å². The van der Waals surface area contributed by atoms with Gasteiger partial charge in [-0.3, -0.25) is 0 Å². The third kappa shape index (κ3) is 2.84. The molecule has 94 valence electrons. The Bertz CT molecular complexity index is 534. The lowest BCUT2D eigenvalue weighted by molar-refractivity contribution is 0.583. The Kier molecular flexibility index (Phi) is 3.88. The number of hydrogen-bond donors (Lipinski definition) is 1. The Morgan fingerprint density at radius 1 is 1.50 bits per heavy atom. The van der Waals surface area contributed by atoms with Gasteiger partial charge in [0.2, 0.25) is 0 Å². The van der Waals surface area contributed by atoms with Crippen LogP contribution in [0.5, 0.6) is 0 Å². The molecule has 0 radical (unpaired) electrons. The fourth-order valence-corrected chi connectivity index (χ4v) is 1.61. The topological polar surface area (TPSA) is 55.6 Å². The molecular weight excluding hydrogens is 257 g/mol. The van der Waals surface area contributed by atoms with E-state index < -0.39 is 0 Å². The van der Waals surface area contributed by atoms with Crippen molar-refractivity contribution in [3.63, 3.8) is 0 Å². The van der Waals surface area contributed by atoms with Crippen LogP contribution in [-0.2, 0) is 13.1 Å². The van der Waals surface area contributed by atoms with E-state index in [0.717, 1.165) is 0 Å². The van der Waals surface area contributed by atoms with E-state index >= 15 is 0 Å². The Balaban J connectivity index is 2.04. The SMILES string of the molecule is C=CCn1nnc(NCc2c(F)cccc2Cl)n1. The van der Waals surface area contributed by atoms with Crippen molar-refractivity contribution in [3.8, 4) is 0 Å². The lowest BCUT2D eigenvalue weighted by Gasteiger charge is -2.05. The third-order valence-corrected chi connectivity index (χ3v) is 2.58. The molecule has 0 unspecified atom stereocenters. The number of nitrogens with zero attached hydrogens (tertiary/aromatic N) is 4. The minimum Gasteiger partial charge on any atom is -0.347 e. The smallest absolute Gasteiger partial charge is 0.263 e. The summed E-state index contributed by atoms with van der Waals surface area (Å²) in [5.41, 5.74) is 0.374. The minimum atomic E-state index is -0.367. The predicted molar refractivity (Wildman–Crippen MR) is 66.8 cm³/mol. The van der Waals surface area contributed by atoms with E-state index in [9.17, 15) is 4.39 Å². The lowest BCUT2D eigenvalue weighted by Crippen LogP contribution is -2.05. The van der Waals surface area contributed by atoms with Crippen LogP contribution in [0.25, 0.3) is 0 Å². The van der Waals surface area contributed by atoms with Crippen molar-refractivity contribution in [2.75, 3.05) is 5.32 Å². The molecule has 1 heterocycles. The van der Waals surface area contributed by atoms with Crippen LogP contribution >= 0.6 is 11.6 Å². The van der Waals surface area contributed by atoms with Gasteiger partial charge in [0.1, 0.15) is 5.82 Å². The van der Waals surface area contributed by atoms with Crippen LogP contribution in [0.15, 0.2) is 30.9 Å². The average molecular weight is 268 g/mol. The molecule has 0 saturated carbocycles. The minimum absolute atomic E-state index is 0.200. The van der Waals surface area contributed by atoms with Crippen molar-refractivity contribution in [2.24, 2.45) is 0 Å². The molecule has 0 aliphatic rings. The Hall–Kier alpha value is -1.95. The van der Waals surface area contributed by atoms with Gasteiger partial charge in [-0.25, -0.2) is 4.39 Å². The normalized spacial score (nSPS) is 10.3. The summed E-state index contributed by atoms with van der Waals surface area (Å²) in [6.45, 7) is 4.23. The largest absolute Gasteiger partial charge is 0.347 e. The summed E-state index contributed by atoms with van der Waals surface area (Å²) in [6, 6.07) is 4.54. The van der Waals surface area contributed by atoms with Gasteiger partial charge in [-0.1, -0.05) is 28.8 Å². The highest BCUT2D eigenvalue weighted by atomic mass is 35.5. The first-order valence-corrected chi connectivity index (χ1v) is 5.64. The number of aromatic nitrogens is 4. The fraction of sp³-hybridized carbons (Fsp3) is 0.182. The van der Waals surface area contributed by atoms with Gasteiger partial charge in [-0.05, 0) is 17.3 Å². The van der Waals surface area contributed by atoms with E-state index in [4.69, 9.17) is 11.6 Å². The molecule has 1 aromatic heterocycles. The molecule has 2 rings (SSSR count). The summed E-state index contributed by atoms with van der Waals surface area (Å²) >= 11 is 5.90. The summed E-state index contributed by atoms with van der Waals surface area (Å²) < 4.78 is 13.5. The van der Waals surface area contributed by atoms with Crippen LogP contribution in [0.3, 0.4) is 0 Å². The van der Waals surface area contributed by atoms with Crippen LogP contribution < -0.4 is 5.32 Å². The second-order valence-electron chi connectivity index (χ2n) is 3.51. The molecular formula is C11H11ClFN5. The zero-order valence-corrected chi connectivity index (χ0v) is 10.2. The maximum Gasteiger partial charge on any atom is 0.263 e. The molecule has 18 heavy (non-hydrogen) atoms. The molecule has 0 fully saturated rings. The maximum absolute atomic E-state index is 13.5. The van der Waals surface area contributed by atoms with E-state index in [1.165, 1.54) is 10.9 Å². The number of rotatable bonds is 5. The molecule has 0 saturated heterocycles. The standard InChI is InChI=1S/C11H11ClFN5/c1-2-6-18-16-11(15-17-18)14-7-8-9(12)4-3-5-10(8)13/h2-5H,1,6-7H2,(H,14,16). The lowest BCUT2D eigenvalue weighted by atomic mass is 10.2. The van der Waals surface area contributed by atoms with Gasteiger partial charge in [-0.2, -0.15) is 4.80 Å². The van der Waals surface area contributed by atoms with Crippen molar-refractivity contribution in [1.29, 1.82) is 0 Å². The fourth-order valence-electron chi connectivity index (χ4n) is 1.38. The van der Waals surface area contributed by atoms with Crippen LogP contribution in [0.1, 0.15) is 5.56 Å². The van der Waals surface area contributed by atoms with Crippen molar-refractivity contribution in [1.82, 2.24) is 20.2 Å². The van der Waals surface area contributed by atoms with E-state index in [0.29, 0.717) is 23.1 Å². The zero-order valence-electron chi connectivity index (χ0n) is 9.48. The zero-order chi connectivity index (χ0) is 13.0. The Labute approximate surface area is 108 Å². The highest BCUT2D eigenvalue weighted by Crippen LogP contribution is 2.19. The highest BCUT2D eigenvalue weighted by Gasteiger charge is 2.08. The summed E-state index contributed by atoms with van der Waals surface area (Å²) in [5.74, 6) is -0.0512. The van der Waals surface area contributed by atoms with Crippen molar-refractivity contribution in [2.45, 2.75) is 13.1 Å². The molecule has 0 spiro atoms. The third-order valence-electron chi connectivity index (χ3n) is 2.23. The van der Waals surface area contributed by atoms with Gasteiger partial charge in [0.25, 0.3) is 5.95 Å². The average Bonchev–Trinajstić information content (AvgIpc) is 2.77. The van der Waals surface area contributed by atoms with Gasteiger partial charge >= 0.3 is 0 Å². The summed E-state index contributed by atoms with van der Waals surface area (Å²) in [5, 5.41) is 14.8. The first-order chi connectivity index (χ1) is 8.70. The van der Waals surface area contributed by atoms with Crippen LogP contribution in [0.4, 0.5) is 10.3 Å². The molecule has 1 aromatic carbocycles. The summed E-state index contributed by atoms with van der Waals surface area (Å²) in [4.78, 5) is 1.37. The molecule has 0 atom stereocenters. The van der Waals surface area contributed by atoms with E-state index in [1.54, 1.807) is 18.2 Å². The first-order valence-electron chi connectivity index (χ1n) is 5.26. The molecule has 0 bridgehead atoms. The molecule has 7 heteroatoms. The van der Waals surface area contributed by atoms with Gasteiger partial charge < -0.3 is 5.32 Å². The molecule has 0 aliphatic carbocycles. The maximum atomic E-state index is 13.5. The quantitative estimate of drug-likeness (QED) is 0.845. The summed E-state index contributed by atoms with van der Waals surface area (Å²) in [7, 11) is 0. The number of anilines is 1. The first kappa shape index (κ1) is 12.5. The summed E-state index contributed by atoms with van der Waals surface area (Å²) in [6.07, 6.45) is 1.65. The molecule has 0 amide bonds. The number of tetrazole rings is 1. The van der Waals surface area contributed by atoms with E-state index in [2.05, 4.69) is 27.3 Å². The second kappa shape index (κ2) is 5.59. The predicted octanol–water partition coefficient (Wildman–Crippen LogP) is 2.26. The number of hydrogen-bond acceptors (Lipinski definition) is 4. The number of halogens is 2. The molecule has 1 N–H and O–H groups in total. The molecule has 5 nitrogen and oxygen atoms in total. The number of benzene rings is 1. The van der Waals surface area contributed by atoms with Gasteiger partial charge in [0, 0.05) is 17.1 Å². The monoisotopic (exact) mass is 267 g/mol. The Morgan fingerprint density at radius 2 is 2.33 bits per heavy atom. The highest BCUT2D eigenvalue weighted by molar-refractivity contribution is 6.31. The Morgan fingerprint density at radius 3 is 3.06 bits per heavy atom. The van der Waals surface area contributed by atoms with Crippen molar-refractivity contribution in [3.05, 3.63) is 47.3 Å². The van der Waals surface area contributed by atoms with Crippen molar-refractivity contribution >= 4 is 17.5 Å². The van der Waals surface area contributed by atoms with Crippen molar-refractivity contribution < 1.29 is 4.39 Å².